The summed E-state index contributed by atoms with van der Waals surface area (Å²) >= 11 is 3.38. The summed E-state index contributed by atoms with van der Waals surface area (Å²) in [5, 5.41) is 5.04. The number of halogens is 1. The maximum atomic E-state index is 11.9. The van der Waals surface area contributed by atoms with Crippen LogP contribution in [-0.4, -0.2) is 61.1 Å². The van der Waals surface area contributed by atoms with Crippen molar-refractivity contribution in [3.63, 3.8) is 0 Å². The monoisotopic (exact) mass is 397 g/mol. The summed E-state index contributed by atoms with van der Waals surface area (Å²) in [6.45, 7) is 7.93. The fourth-order valence-corrected chi connectivity index (χ4v) is 2.63. The Balaban J connectivity index is 1.71. The summed E-state index contributed by atoms with van der Waals surface area (Å²) in [6, 6.07) is 3.52. The van der Waals surface area contributed by atoms with Gasteiger partial charge in [-0.1, -0.05) is 13.8 Å². The van der Waals surface area contributed by atoms with Crippen molar-refractivity contribution in [1.29, 1.82) is 0 Å². The van der Waals surface area contributed by atoms with E-state index in [4.69, 9.17) is 0 Å². The molecule has 1 fully saturated rings. The summed E-state index contributed by atoms with van der Waals surface area (Å²) < 4.78 is 0.956. The molecule has 2 heterocycles. The van der Waals surface area contributed by atoms with Crippen LogP contribution < -0.4 is 15.5 Å². The number of amides is 3. The maximum absolute atomic E-state index is 11.9. The number of aromatic nitrogens is 1. The molecule has 0 saturated carbocycles. The number of urea groups is 1. The summed E-state index contributed by atoms with van der Waals surface area (Å²) in [7, 11) is 0. The number of hydrogen-bond acceptors (Lipinski definition) is 5. The predicted octanol–water partition coefficient (Wildman–Crippen LogP) is 1.45. The van der Waals surface area contributed by atoms with Gasteiger partial charge in [0.2, 0.25) is 5.91 Å². The molecule has 2 rings (SSSR count). The van der Waals surface area contributed by atoms with Gasteiger partial charge >= 0.3 is 6.03 Å². The molecule has 1 aromatic rings. The third kappa shape index (κ3) is 6.09. The number of hydrogen-bond donors (Lipinski definition) is 2. The van der Waals surface area contributed by atoms with E-state index in [1.165, 1.54) is 0 Å². The summed E-state index contributed by atoms with van der Waals surface area (Å²) in [6.07, 6.45) is 1.78. The summed E-state index contributed by atoms with van der Waals surface area (Å²) in [5.41, 5.74) is 0. The molecule has 0 bridgehead atoms. The maximum Gasteiger partial charge on any atom is 0.321 e. The van der Waals surface area contributed by atoms with Crippen LogP contribution in [0.2, 0.25) is 0 Å². The Morgan fingerprint density at radius 3 is 2.54 bits per heavy atom. The standard InChI is InChI=1S/C16H24BrN5O2/c1-12(2)9-19-16(24)20-15(23)11-21-5-7-22(8-6-21)14-4-3-13(17)10-18-14/h3-4,10,12H,5-9,11H2,1-2H3,(H2,19,20,23,24). The second-order valence-corrected chi connectivity index (χ2v) is 7.17. The first-order valence-corrected chi connectivity index (χ1v) is 8.90. The van der Waals surface area contributed by atoms with E-state index in [9.17, 15) is 9.59 Å². The third-order valence-corrected chi connectivity index (χ3v) is 4.17. The minimum atomic E-state index is -0.425. The van der Waals surface area contributed by atoms with Crippen molar-refractivity contribution in [3.05, 3.63) is 22.8 Å². The molecule has 0 radical (unpaired) electrons. The van der Waals surface area contributed by atoms with Crippen LogP contribution in [0.3, 0.4) is 0 Å². The van der Waals surface area contributed by atoms with Gasteiger partial charge in [0.15, 0.2) is 0 Å². The van der Waals surface area contributed by atoms with Crippen molar-refractivity contribution in [2.24, 2.45) is 5.92 Å². The fraction of sp³-hybridized carbons (Fsp3) is 0.562. The SMILES string of the molecule is CC(C)CNC(=O)NC(=O)CN1CCN(c2ccc(Br)cn2)CC1. The number of carbonyl (C=O) groups excluding carboxylic acids is 2. The lowest BCUT2D eigenvalue weighted by Crippen LogP contribution is -2.51. The number of nitrogens with zero attached hydrogens (tertiary/aromatic N) is 3. The molecule has 0 aliphatic carbocycles. The number of carbonyl (C=O) groups is 2. The van der Waals surface area contributed by atoms with Crippen LogP contribution >= 0.6 is 15.9 Å². The number of pyridine rings is 1. The van der Waals surface area contributed by atoms with Gasteiger partial charge in [0.05, 0.1) is 6.54 Å². The van der Waals surface area contributed by atoms with E-state index in [1.807, 2.05) is 30.9 Å². The van der Waals surface area contributed by atoms with Gasteiger partial charge in [0.25, 0.3) is 0 Å². The van der Waals surface area contributed by atoms with Crippen molar-refractivity contribution < 1.29 is 9.59 Å². The Kier molecular flexibility index (Phi) is 6.99. The smallest absolute Gasteiger partial charge is 0.321 e. The van der Waals surface area contributed by atoms with E-state index in [-0.39, 0.29) is 12.5 Å². The van der Waals surface area contributed by atoms with E-state index >= 15 is 0 Å². The second-order valence-electron chi connectivity index (χ2n) is 6.25. The van der Waals surface area contributed by atoms with Gasteiger partial charge in [0.1, 0.15) is 5.82 Å². The van der Waals surface area contributed by atoms with Gasteiger partial charge in [-0.2, -0.15) is 0 Å². The average Bonchev–Trinajstić information content (AvgIpc) is 2.54. The zero-order chi connectivity index (χ0) is 17.5. The Hall–Kier alpha value is -1.67. The molecule has 24 heavy (non-hydrogen) atoms. The minimum Gasteiger partial charge on any atom is -0.354 e. The highest BCUT2D eigenvalue weighted by Gasteiger charge is 2.20. The van der Waals surface area contributed by atoms with Gasteiger partial charge in [-0.25, -0.2) is 9.78 Å². The van der Waals surface area contributed by atoms with Gasteiger partial charge < -0.3 is 10.2 Å². The molecule has 0 atom stereocenters. The zero-order valence-corrected chi connectivity index (χ0v) is 15.7. The van der Waals surface area contributed by atoms with Crippen LogP contribution in [0, 0.1) is 5.92 Å². The summed E-state index contributed by atoms with van der Waals surface area (Å²) in [5.74, 6) is 1.02. The molecule has 2 N–H and O–H groups in total. The molecule has 7 nitrogen and oxygen atoms in total. The lowest BCUT2D eigenvalue weighted by molar-refractivity contribution is -0.121. The van der Waals surface area contributed by atoms with E-state index in [1.54, 1.807) is 6.20 Å². The number of nitrogens with one attached hydrogen (secondary N) is 2. The zero-order valence-electron chi connectivity index (χ0n) is 14.1. The molecule has 0 unspecified atom stereocenters. The van der Waals surface area contributed by atoms with Crippen LogP contribution in [-0.2, 0) is 4.79 Å². The first kappa shape index (κ1) is 18.7. The van der Waals surface area contributed by atoms with Gasteiger partial charge in [-0.3, -0.25) is 15.0 Å². The summed E-state index contributed by atoms with van der Waals surface area (Å²) in [4.78, 5) is 32.1. The Bertz CT molecular complexity index is 556. The lowest BCUT2D eigenvalue weighted by atomic mass is 10.2. The Morgan fingerprint density at radius 1 is 1.25 bits per heavy atom. The van der Waals surface area contributed by atoms with Crippen molar-refractivity contribution in [3.8, 4) is 0 Å². The molecule has 132 valence electrons. The minimum absolute atomic E-state index is 0.233. The van der Waals surface area contributed by atoms with E-state index in [0.29, 0.717) is 12.5 Å². The van der Waals surface area contributed by atoms with E-state index in [2.05, 4.69) is 36.4 Å². The van der Waals surface area contributed by atoms with Gasteiger partial charge in [0, 0.05) is 43.4 Å². The largest absolute Gasteiger partial charge is 0.354 e. The molecule has 1 aliphatic heterocycles. The van der Waals surface area contributed by atoms with Crippen molar-refractivity contribution in [2.45, 2.75) is 13.8 Å². The first-order valence-electron chi connectivity index (χ1n) is 8.10. The molecule has 1 aliphatic rings. The lowest BCUT2D eigenvalue weighted by Gasteiger charge is -2.34. The molecule has 1 aromatic heterocycles. The third-order valence-electron chi connectivity index (χ3n) is 3.70. The highest BCUT2D eigenvalue weighted by atomic mass is 79.9. The molecule has 3 amide bonds. The molecule has 8 heteroatoms. The predicted molar refractivity (Wildman–Crippen MR) is 97.0 cm³/mol. The topological polar surface area (TPSA) is 77.6 Å². The Labute approximate surface area is 150 Å². The van der Waals surface area contributed by atoms with E-state index < -0.39 is 6.03 Å². The van der Waals surface area contributed by atoms with Gasteiger partial charge in [-0.05, 0) is 34.0 Å². The molecule has 0 aromatic carbocycles. The molecular weight excluding hydrogens is 374 g/mol. The van der Waals surface area contributed by atoms with Crippen LogP contribution in [0.5, 0.6) is 0 Å². The average molecular weight is 398 g/mol. The normalized spacial score (nSPS) is 15.4. The van der Waals surface area contributed by atoms with Crippen molar-refractivity contribution in [2.75, 3.05) is 44.2 Å². The molecular formula is C16H24BrN5O2. The van der Waals surface area contributed by atoms with Crippen LogP contribution in [0.4, 0.5) is 10.6 Å². The number of rotatable bonds is 5. The van der Waals surface area contributed by atoms with Crippen LogP contribution in [0.15, 0.2) is 22.8 Å². The number of piperazine rings is 1. The van der Waals surface area contributed by atoms with Crippen molar-refractivity contribution >= 4 is 33.7 Å². The Morgan fingerprint density at radius 2 is 1.96 bits per heavy atom. The quantitative estimate of drug-likeness (QED) is 0.785. The van der Waals surface area contributed by atoms with Crippen LogP contribution in [0.1, 0.15) is 13.8 Å². The first-order chi connectivity index (χ1) is 11.4. The molecule has 0 spiro atoms. The fourth-order valence-electron chi connectivity index (χ4n) is 2.40. The van der Waals surface area contributed by atoms with Gasteiger partial charge in [-0.15, -0.1) is 0 Å². The van der Waals surface area contributed by atoms with E-state index in [0.717, 1.165) is 36.5 Å². The number of anilines is 1. The number of imide groups is 1. The highest BCUT2D eigenvalue weighted by molar-refractivity contribution is 9.10. The van der Waals surface area contributed by atoms with Crippen LogP contribution in [0.25, 0.3) is 0 Å². The highest BCUT2D eigenvalue weighted by Crippen LogP contribution is 2.16. The molecule has 1 saturated heterocycles. The van der Waals surface area contributed by atoms with Crippen molar-refractivity contribution in [1.82, 2.24) is 20.5 Å². The second kappa shape index (κ2) is 8.98.